The molecule has 1 aromatic carbocycles. The summed E-state index contributed by atoms with van der Waals surface area (Å²) in [5.41, 5.74) is 11.5. The average Bonchev–Trinajstić information content (AvgIpc) is 3.03. The van der Waals surface area contributed by atoms with Crippen LogP contribution in [0.4, 0.5) is 21.6 Å². The highest BCUT2D eigenvalue weighted by molar-refractivity contribution is 8.03. The predicted molar refractivity (Wildman–Crippen MR) is 137 cm³/mol. The van der Waals surface area contributed by atoms with E-state index >= 15 is 0 Å². The van der Waals surface area contributed by atoms with Gasteiger partial charge in [0.1, 0.15) is 23.4 Å². The molecule has 2 aromatic rings. The Labute approximate surface area is 204 Å². The minimum Gasteiger partial charge on any atom is -0.398 e. The minimum absolute atomic E-state index is 0.173. The van der Waals surface area contributed by atoms with Gasteiger partial charge in [-0.25, -0.2) is 9.37 Å². The number of nitriles is 1. The van der Waals surface area contributed by atoms with E-state index in [-0.39, 0.29) is 5.37 Å². The SMILES string of the molecule is C=C1CC2=C(CCN1c1ccc(C#N)c(N)c1)N(C)C(c1ccc(N3CCCC(F)C3)nc1)S2. The number of thioether (sulfide) groups is 1. The van der Waals surface area contributed by atoms with Gasteiger partial charge in [0.25, 0.3) is 0 Å². The zero-order valence-corrected chi connectivity index (χ0v) is 20.2. The molecular weight excluding hydrogens is 447 g/mol. The number of aromatic nitrogens is 1. The highest BCUT2D eigenvalue weighted by atomic mass is 32.2. The van der Waals surface area contributed by atoms with Crippen molar-refractivity contribution in [2.24, 2.45) is 0 Å². The Bertz CT molecular complexity index is 1170. The van der Waals surface area contributed by atoms with Gasteiger partial charge < -0.3 is 20.4 Å². The lowest BCUT2D eigenvalue weighted by Gasteiger charge is -2.31. The van der Waals surface area contributed by atoms with Crippen LogP contribution < -0.4 is 15.5 Å². The smallest absolute Gasteiger partial charge is 0.128 e. The minimum atomic E-state index is -0.764. The lowest BCUT2D eigenvalue weighted by Crippen LogP contribution is -2.36. The van der Waals surface area contributed by atoms with Gasteiger partial charge in [0.15, 0.2) is 0 Å². The van der Waals surface area contributed by atoms with Crippen molar-refractivity contribution < 1.29 is 4.39 Å². The maximum Gasteiger partial charge on any atom is 0.128 e. The number of hydrogen-bond donors (Lipinski definition) is 1. The van der Waals surface area contributed by atoms with Crippen LogP contribution in [0.3, 0.4) is 0 Å². The number of hydrogen-bond acceptors (Lipinski definition) is 7. The number of anilines is 3. The number of rotatable bonds is 3. The molecule has 2 N–H and O–H groups in total. The second kappa shape index (κ2) is 9.22. The predicted octanol–water partition coefficient (Wildman–Crippen LogP) is 5.18. The zero-order valence-electron chi connectivity index (χ0n) is 19.4. The third kappa shape index (κ3) is 4.21. The number of benzene rings is 1. The van der Waals surface area contributed by atoms with Gasteiger partial charge in [0, 0.05) is 66.7 Å². The van der Waals surface area contributed by atoms with Crippen LogP contribution in [0.15, 0.2) is 59.4 Å². The Balaban J connectivity index is 1.28. The van der Waals surface area contributed by atoms with Crippen molar-refractivity contribution in [1.29, 1.82) is 5.26 Å². The molecule has 0 radical (unpaired) electrons. The number of alkyl halides is 1. The molecule has 8 heteroatoms. The Morgan fingerprint density at radius 1 is 1.26 bits per heavy atom. The molecule has 3 aliphatic rings. The van der Waals surface area contributed by atoms with Gasteiger partial charge in [-0.3, -0.25) is 0 Å². The molecule has 176 valence electrons. The van der Waals surface area contributed by atoms with Gasteiger partial charge in [-0.2, -0.15) is 5.26 Å². The molecule has 1 saturated heterocycles. The topological polar surface area (TPSA) is 72.4 Å². The number of halogens is 1. The van der Waals surface area contributed by atoms with E-state index in [1.54, 1.807) is 6.07 Å². The monoisotopic (exact) mass is 476 g/mol. The molecule has 2 unspecified atom stereocenters. The Hall–Kier alpha value is -3.18. The first kappa shape index (κ1) is 22.6. The lowest BCUT2D eigenvalue weighted by molar-refractivity contribution is 0.286. The van der Waals surface area contributed by atoms with Crippen molar-refractivity contribution in [1.82, 2.24) is 9.88 Å². The maximum atomic E-state index is 13.8. The summed E-state index contributed by atoms with van der Waals surface area (Å²) in [7, 11) is 2.14. The first-order valence-electron chi connectivity index (χ1n) is 11.7. The average molecular weight is 477 g/mol. The quantitative estimate of drug-likeness (QED) is 0.612. The van der Waals surface area contributed by atoms with Crippen molar-refractivity contribution in [2.75, 3.05) is 42.2 Å². The standard InChI is InChI=1S/C26H29FN6S/c1-17-12-24-23(9-11-33(17)21-7-5-18(14-28)22(29)13-21)31(2)26(34-24)19-6-8-25(30-15-19)32-10-3-4-20(27)16-32/h5-8,13,15,20,26H,1,3-4,9-12,16,29H2,2H3. The number of nitrogens with zero attached hydrogens (tertiary/aromatic N) is 5. The Kier molecular flexibility index (Phi) is 6.13. The van der Waals surface area contributed by atoms with Gasteiger partial charge in [-0.05, 0) is 37.1 Å². The van der Waals surface area contributed by atoms with Crippen molar-refractivity contribution >= 4 is 29.0 Å². The van der Waals surface area contributed by atoms with Crippen LogP contribution in [-0.4, -0.2) is 42.7 Å². The molecule has 4 heterocycles. The second-order valence-corrected chi connectivity index (χ2v) is 10.3. The van der Waals surface area contributed by atoms with Crippen molar-refractivity contribution in [3.63, 3.8) is 0 Å². The summed E-state index contributed by atoms with van der Waals surface area (Å²) in [6, 6.07) is 11.9. The molecule has 1 aromatic heterocycles. The molecule has 0 aliphatic carbocycles. The summed E-state index contributed by atoms with van der Waals surface area (Å²) < 4.78 is 13.8. The Morgan fingerprint density at radius 3 is 2.82 bits per heavy atom. The van der Waals surface area contributed by atoms with Crippen LogP contribution >= 0.6 is 11.8 Å². The van der Waals surface area contributed by atoms with Gasteiger partial charge in [0.05, 0.1) is 17.8 Å². The van der Waals surface area contributed by atoms with Gasteiger partial charge in [0.2, 0.25) is 0 Å². The largest absolute Gasteiger partial charge is 0.398 e. The van der Waals surface area contributed by atoms with Crippen LogP contribution in [0.2, 0.25) is 0 Å². The summed E-state index contributed by atoms with van der Waals surface area (Å²) in [6.07, 6.45) is 4.37. The molecule has 6 nitrogen and oxygen atoms in total. The molecule has 0 bridgehead atoms. The van der Waals surface area contributed by atoms with E-state index in [0.717, 1.165) is 55.1 Å². The molecule has 1 fully saturated rings. The number of pyridine rings is 1. The van der Waals surface area contributed by atoms with Crippen LogP contribution in [0.1, 0.15) is 42.2 Å². The van der Waals surface area contributed by atoms with E-state index in [0.29, 0.717) is 24.2 Å². The molecule has 3 aliphatic heterocycles. The van der Waals surface area contributed by atoms with E-state index < -0.39 is 6.17 Å². The number of nitrogens with two attached hydrogens (primary N) is 1. The van der Waals surface area contributed by atoms with Gasteiger partial charge in [-0.15, -0.1) is 0 Å². The Morgan fingerprint density at radius 2 is 2.12 bits per heavy atom. The summed E-state index contributed by atoms with van der Waals surface area (Å²) in [6.45, 7) is 6.46. The lowest BCUT2D eigenvalue weighted by atomic mass is 10.1. The fourth-order valence-corrected chi connectivity index (χ4v) is 6.49. The van der Waals surface area contributed by atoms with E-state index in [1.165, 1.54) is 10.6 Å². The second-order valence-electron chi connectivity index (χ2n) is 9.11. The highest BCUT2D eigenvalue weighted by Gasteiger charge is 2.34. The molecule has 0 amide bonds. The number of nitrogen functional groups attached to an aromatic ring is 1. The molecular formula is C26H29FN6S. The van der Waals surface area contributed by atoms with E-state index in [9.17, 15) is 4.39 Å². The number of piperidine rings is 1. The maximum absolute atomic E-state index is 13.8. The van der Waals surface area contributed by atoms with Crippen LogP contribution in [0.25, 0.3) is 0 Å². The van der Waals surface area contributed by atoms with E-state index in [1.807, 2.05) is 41.1 Å². The number of allylic oxidation sites excluding steroid dienone is 1. The van der Waals surface area contributed by atoms with Crippen molar-refractivity contribution in [3.8, 4) is 6.07 Å². The fourth-order valence-electron chi connectivity index (χ4n) is 5.02. The summed E-state index contributed by atoms with van der Waals surface area (Å²) >= 11 is 1.86. The van der Waals surface area contributed by atoms with E-state index in [2.05, 4.69) is 40.5 Å². The summed E-state index contributed by atoms with van der Waals surface area (Å²) in [5, 5.41) is 9.34. The third-order valence-corrected chi connectivity index (χ3v) is 8.36. The fraction of sp³-hybridized carbons (Fsp3) is 0.385. The van der Waals surface area contributed by atoms with Crippen LogP contribution in [0, 0.1) is 11.3 Å². The highest BCUT2D eigenvalue weighted by Crippen LogP contribution is 2.51. The zero-order chi connectivity index (χ0) is 23.8. The van der Waals surface area contributed by atoms with Crippen LogP contribution in [0.5, 0.6) is 0 Å². The van der Waals surface area contributed by atoms with Crippen molar-refractivity contribution in [3.05, 3.63) is 70.5 Å². The first-order valence-corrected chi connectivity index (χ1v) is 12.5. The van der Waals surface area contributed by atoms with Gasteiger partial charge in [-0.1, -0.05) is 24.4 Å². The molecule has 34 heavy (non-hydrogen) atoms. The summed E-state index contributed by atoms with van der Waals surface area (Å²) in [4.78, 5) is 12.6. The van der Waals surface area contributed by atoms with Gasteiger partial charge >= 0.3 is 0 Å². The first-order chi connectivity index (χ1) is 16.4. The van der Waals surface area contributed by atoms with Crippen molar-refractivity contribution in [2.45, 2.75) is 37.2 Å². The van der Waals surface area contributed by atoms with E-state index in [4.69, 9.17) is 11.0 Å². The third-order valence-electron chi connectivity index (χ3n) is 6.88. The molecule has 0 saturated carbocycles. The summed E-state index contributed by atoms with van der Waals surface area (Å²) in [5.74, 6) is 0.858. The normalized spacial score (nSPS) is 23.1. The molecule has 2 atom stereocenters. The molecule has 5 rings (SSSR count). The molecule has 0 spiro atoms. The van der Waals surface area contributed by atoms with Crippen LogP contribution in [-0.2, 0) is 0 Å².